The minimum absolute atomic E-state index is 0.0297. The molecule has 8 heteroatoms. The molecule has 0 aliphatic rings. The lowest BCUT2D eigenvalue weighted by atomic mass is 10.2. The Morgan fingerprint density at radius 1 is 1.00 bits per heavy atom. The van der Waals surface area contributed by atoms with Crippen molar-refractivity contribution in [2.45, 2.75) is 11.8 Å². The normalized spacial score (nSPS) is 11.4. The molecule has 2 aromatic carbocycles. The Morgan fingerprint density at radius 3 is 2.10 bits per heavy atom. The average molecular weight is 366 g/mol. The first-order chi connectivity index (χ1) is 9.69. The van der Waals surface area contributed by atoms with Crippen LogP contribution in [0.2, 0.25) is 15.1 Å². The standard InChI is InChI=1S/C13H11Cl3N2O2S/c1-7-2-9(17)6-10(3-7)21(19,20)18-13-11(15)4-8(14)5-12(13)16/h2-6,18H,17H2,1H3. The summed E-state index contributed by atoms with van der Waals surface area (Å²) in [6.07, 6.45) is 0. The molecule has 0 heterocycles. The number of halogens is 3. The van der Waals surface area contributed by atoms with Gasteiger partial charge in [-0.05, 0) is 42.8 Å². The van der Waals surface area contributed by atoms with Gasteiger partial charge in [-0.3, -0.25) is 4.72 Å². The summed E-state index contributed by atoms with van der Waals surface area (Å²) in [5.41, 5.74) is 6.82. The van der Waals surface area contributed by atoms with Gasteiger partial charge in [0.05, 0.1) is 20.6 Å². The van der Waals surface area contributed by atoms with Crippen molar-refractivity contribution in [2.24, 2.45) is 0 Å². The van der Waals surface area contributed by atoms with E-state index in [1.54, 1.807) is 13.0 Å². The summed E-state index contributed by atoms with van der Waals surface area (Å²) in [7, 11) is -3.86. The fourth-order valence-electron chi connectivity index (χ4n) is 1.76. The minimum Gasteiger partial charge on any atom is -0.399 e. The Kier molecular flexibility index (Phi) is 4.58. The predicted octanol–water partition coefficient (Wildman–Crippen LogP) is 4.34. The van der Waals surface area contributed by atoms with Crippen molar-refractivity contribution in [3.8, 4) is 0 Å². The number of nitrogens with two attached hydrogens (primary N) is 1. The molecule has 0 aromatic heterocycles. The lowest BCUT2D eigenvalue weighted by molar-refractivity contribution is 0.601. The van der Waals surface area contributed by atoms with Crippen molar-refractivity contribution in [3.05, 3.63) is 51.0 Å². The number of rotatable bonds is 3. The van der Waals surface area contributed by atoms with Crippen molar-refractivity contribution < 1.29 is 8.42 Å². The Morgan fingerprint density at radius 2 is 1.57 bits per heavy atom. The molecule has 112 valence electrons. The van der Waals surface area contributed by atoms with Crippen molar-refractivity contribution >= 4 is 56.2 Å². The van der Waals surface area contributed by atoms with Gasteiger partial charge in [0.15, 0.2) is 0 Å². The maximum atomic E-state index is 12.4. The smallest absolute Gasteiger partial charge is 0.262 e. The highest BCUT2D eigenvalue weighted by Crippen LogP contribution is 2.35. The molecule has 4 nitrogen and oxygen atoms in total. The van der Waals surface area contributed by atoms with Crippen LogP contribution < -0.4 is 10.5 Å². The van der Waals surface area contributed by atoms with Crippen molar-refractivity contribution in [1.82, 2.24) is 0 Å². The number of benzene rings is 2. The molecule has 0 saturated carbocycles. The fraction of sp³-hybridized carbons (Fsp3) is 0.0769. The van der Waals surface area contributed by atoms with E-state index in [9.17, 15) is 8.42 Å². The number of sulfonamides is 1. The van der Waals surface area contributed by atoms with E-state index in [0.29, 0.717) is 10.7 Å². The van der Waals surface area contributed by atoms with Crippen LogP contribution in [0, 0.1) is 6.92 Å². The van der Waals surface area contributed by atoms with Crippen LogP contribution >= 0.6 is 34.8 Å². The quantitative estimate of drug-likeness (QED) is 0.795. The van der Waals surface area contributed by atoms with Crippen LogP contribution in [0.25, 0.3) is 0 Å². The monoisotopic (exact) mass is 364 g/mol. The molecule has 0 aliphatic carbocycles. The van der Waals surface area contributed by atoms with E-state index >= 15 is 0 Å². The molecule has 0 amide bonds. The van der Waals surface area contributed by atoms with Crippen LogP contribution in [0.5, 0.6) is 0 Å². The summed E-state index contributed by atoms with van der Waals surface area (Å²) in [5.74, 6) is 0. The van der Waals surface area contributed by atoms with Crippen LogP contribution in [0.3, 0.4) is 0 Å². The van der Waals surface area contributed by atoms with Gasteiger partial charge in [0, 0.05) is 10.7 Å². The van der Waals surface area contributed by atoms with E-state index in [-0.39, 0.29) is 20.6 Å². The minimum atomic E-state index is -3.86. The highest BCUT2D eigenvalue weighted by atomic mass is 35.5. The number of anilines is 2. The van der Waals surface area contributed by atoms with Gasteiger partial charge in [0.1, 0.15) is 0 Å². The van der Waals surface area contributed by atoms with E-state index in [4.69, 9.17) is 40.5 Å². The number of hydrogen-bond donors (Lipinski definition) is 2. The van der Waals surface area contributed by atoms with Gasteiger partial charge in [0.2, 0.25) is 0 Å². The van der Waals surface area contributed by atoms with Gasteiger partial charge in [0.25, 0.3) is 10.0 Å². The molecule has 0 atom stereocenters. The molecule has 21 heavy (non-hydrogen) atoms. The number of nitrogens with one attached hydrogen (secondary N) is 1. The van der Waals surface area contributed by atoms with Crippen LogP contribution in [-0.4, -0.2) is 8.42 Å². The lowest BCUT2D eigenvalue weighted by Gasteiger charge is -2.12. The van der Waals surface area contributed by atoms with Gasteiger partial charge < -0.3 is 5.73 Å². The van der Waals surface area contributed by atoms with E-state index < -0.39 is 10.0 Å². The summed E-state index contributed by atoms with van der Waals surface area (Å²) < 4.78 is 27.1. The molecule has 2 aromatic rings. The van der Waals surface area contributed by atoms with E-state index in [0.717, 1.165) is 5.56 Å². The Labute approximate surface area is 137 Å². The molecule has 0 aliphatic heterocycles. The first-order valence-electron chi connectivity index (χ1n) is 5.73. The van der Waals surface area contributed by atoms with Gasteiger partial charge in [-0.1, -0.05) is 34.8 Å². The third-order valence-electron chi connectivity index (χ3n) is 2.63. The molecule has 2 rings (SSSR count). The molecule has 0 unspecified atom stereocenters. The highest BCUT2D eigenvalue weighted by Gasteiger charge is 2.19. The first kappa shape index (κ1) is 16.2. The van der Waals surface area contributed by atoms with Crippen molar-refractivity contribution in [2.75, 3.05) is 10.5 Å². The van der Waals surface area contributed by atoms with E-state index in [2.05, 4.69) is 4.72 Å². The summed E-state index contributed by atoms with van der Waals surface area (Å²) in [4.78, 5) is 0.0297. The lowest BCUT2D eigenvalue weighted by Crippen LogP contribution is -2.14. The Bertz CT molecular complexity index is 764. The maximum Gasteiger partial charge on any atom is 0.262 e. The maximum absolute atomic E-state index is 12.4. The van der Waals surface area contributed by atoms with Gasteiger partial charge >= 0.3 is 0 Å². The van der Waals surface area contributed by atoms with E-state index in [1.807, 2.05) is 0 Å². The van der Waals surface area contributed by atoms with Crippen LogP contribution in [0.1, 0.15) is 5.56 Å². The number of nitrogen functional groups attached to an aromatic ring is 1. The summed E-state index contributed by atoms with van der Waals surface area (Å²) >= 11 is 17.7. The third kappa shape index (κ3) is 3.74. The van der Waals surface area contributed by atoms with Gasteiger partial charge in [-0.2, -0.15) is 0 Å². The second kappa shape index (κ2) is 5.93. The molecular weight excluding hydrogens is 355 g/mol. The Hall–Kier alpha value is -1.14. The van der Waals surface area contributed by atoms with Crippen LogP contribution in [0.4, 0.5) is 11.4 Å². The average Bonchev–Trinajstić information content (AvgIpc) is 2.32. The zero-order chi connectivity index (χ0) is 15.8. The largest absolute Gasteiger partial charge is 0.399 e. The second-order valence-corrected chi connectivity index (χ2v) is 7.36. The summed E-state index contributed by atoms with van der Waals surface area (Å²) in [6.45, 7) is 1.75. The topological polar surface area (TPSA) is 72.2 Å². The summed E-state index contributed by atoms with van der Waals surface area (Å²) in [5, 5.41) is 0.529. The number of aryl methyl sites for hydroxylation is 1. The zero-order valence-electron chi connectivity index (χ0n) is 10.8. The van der Waals surface area contributed by atoms with E-state index in [1.165, 1.54) is 24.3 Å². The molecule has 0 saturated heterocycles. The molecule has 0 spiro atoms. The highest BCUT2D eigenvalue weighted by molar-refractivity contribution is 7.92. The van der Waals surface area contributed by atoms with Crippen LogP contribution in [0.15, 0.2) is 35.2 Å². The molecule has 0 bridgehead atoms. The third-order valence-corrected chi connectivity index (χ3v) is 4.77. The number of hydrogen-bond acceptors (Lipinski definition) is 3. The van der Waals surface area contributed by atoms with Crippen molar-refractivity contribution in [3.63, 3.8) is 0 Å². The molecule has 3 N–H and O–H groups in total. The van der Waals surface area contributed by atoms with Gasteiger partial charge in [-0.25, -0.2) is 8.42 Å². The Balaban J connectivity index is 2.47. The fourth-order valence-corrected chi connectivity index (χ4v) is 4.03. The second-order valence-electron chi connectivity index (χ2n) is 4.43. The van der Waals surface area contributed by atoms with Crippen molar-refractivity contribution in [1.29, 1.82) is 0 Å². The molecular formula is C13H11Cl3N2O2S. The SMILES string of the molecule is Cc1cc(N)cc(S(=O)(=O)Nc2c(Cl)cc(Cl)cc2Cl)c1. The van der Waals surface area contributed by atoms with Gasteiger partial charge in [-0.15, -0.1) is 0 Å². The van der Waals surface area contributed by atoms with Crippen LogP contribution in [-0.2, 0) is 10.0 Å². The predicted molar refractivity (Wildman–Crippen MR) is 87.9 cm³/mol. The molecule has 0 fully saturated rings. The zero-order valence-corrected chi connectivity index (χ0v) is 13.9. The first-order valence-corrected chi connectivity index (χ1v) is 8.35. The molecule has 0 radical (unpaired) electrons. The summed E-state index contributed by atoms with van der Waals surface area (Å²) in [6, 6.07) is 7.32.